The summed E-state index contributed by atoms with van der Waals surface area (Å²) in [4.78, 5) is 27.9. The number of nitrogens with zero attached hydrogens (tertiary/aromatic N) is 3. The van der Waals surface area contributed by atoms with Gasteiger partial charge in [-0.3, -0.25) is 14.9 Å². The number of hydrogen-bond acceptors (Lipinski definition) is 4. The first-order valence-corrected chi connectivity index (χ1v) is 9.78. The molecule has 0 unspecified atom stereocenters. The Kier molecular flexibility index (Phi) is 5.84. The summed E-state index contributed by atoms with van der Waals surface area (Å²) in [6.45, 7) is 0. The van der Waals surface area contributed by atoms with Crippen LogP contribution >= 0.6 is 0 Å². The lowest BCUT2D eigenvalue weighted by molar-refractivity contribution is -0.384. The number of carbonyl (C=O) groups is 1. The van der Waals surface area contributed by atoms with Crippen molar-refractivity contribution in [2.24, 2.45) is 0 Å². The Morgan fingerprint density at radius 2 is 1.65 bits per heavy atom. The van der Waals surface area contributed by atoms with Crippen molar-refractivity contribution in [1.82, 2.24) is 9.55 Å². The Morgan fingerprint density at radius 3 is 2.19 bits per heavy atom. The van der Waals surface area contributed by atoms with Gasteiger partial charge in [-0.05, 0) is 17.2 Å². The number of anilines is 1. The maximum absolute atomic E-state index is 13.1. The molecule has 1 aromatic heterocycles. The number of hydrogen-bond donors (Lipinski definition) is 1. The number of aromatic nitrogens is 2. The van der Waals surface area contributed by atoms with Crippen LogP contribution in [0.2, 0.25) is 0 Å². The lowest BCUT2D eigenvalue weighted by Crippen LogP contribution is -2.17. The average Bonchev–Trinajstić information content (AvgIpc) is 3.33. The number of nitrogens with one attached hydrogen (secondary N) is 1. The number of imidazole rings is 1. The highest BCUT2D eigenvalue weighted by Gasteiger charge is 2.20. The van der Waals surface area contributed by atoms with E-state index in [1.165, 1.54) is 12.1 Å². The molecule has 0 bridgehead atoms. The molecule has 0 aliphatic rings. The quantitative estimate of drug-likeness (QED) is 0.344. The van der Waals surface area contributed by atoms with Gasteiger partial charge >= 0.3 is 0 Å². The highest BCUT2D eigenvalue weighted by molar-refractivity contribution is 5.94. The lowest BCUT2D eigenvalue weighted by Gasteiger charge is -2.19. The van der Waals surface area contributed by atoms with Crippen LogP contribution in [0.1, 0.15) is 23.5 Å². The Morgan fingerprint density at radius 1 is 1.00 bits per heavy atom. The van der Waals surface area contributed by atoms with Crippen LogP contribution < -0.4 is 5.32 Å². The molecule has 3 aromatic carbocycles. The lowest BCUT2D eigenvalue weighted by atomic mass is 9.88. The van der Waals surface area contributed by atoms with E-state index < -0.39 is 4.92 Å². The number of nitro groups is 1. The van der Waals surface area contributed by atoms with E-state index in [0.717, 1.165) is 11.1 Å². The fraction of sp³-hybridized carbons (Fsp3) is 0.0833. The number of non-ortho nitro benzene ring substituents is 1. The van der Waals surface area contributed by atoms with E-state index in [1.54, 1.807) is 29.4 Å². The molecule has 4 aromatic rings. The first-order chi connectivity index (χ1) is 15.1. The number of carbonyl (C=O) groups excluding carboxylic acids is 1. The van der Waals surface area contributed by atoms with Crippen LogP contribution in [0.5, 0.6) is 0 Å². The van der Waals surface area contributed by atoms with Crippen molar-refractivity contribution in [3.05, 3.63) is 119 Å². The van der Waals surface area contributed by atoms with Crippen molar-refractivity contribution < 1.29 is 9.72 Å². The van der Waals surface area contributed by atoms with Gasteiger partial charge in [0.25, 0.3) is 5.69 Å². The molecule has 1 amide bonds. The van der Waals surface area contributed by atoms with Gasteiger partial charge in [-0.25, -0.2) is 4.98 Å². The van der Waals surface area contributed by atoms with E-state index in [4.69, 9.17) is 0 Å². The van der Waals surface area contributed by atoms with E-state index in [1.807, 2.05) is 60.7 Å². The van der Waals surface area contributed by atoms with Crippen molar-refractivity contribution >= 4 is 17.3 Å². The first kappa shape index (κ1) is 20.0. The van der Waals surface area contributed by atoms with Gasteiger partial charge in [0.05, 0.1) is 22.6 Å². The van der Waals surface area contributed by atoms with Gasteiger partial charge in [0.15, 0.2) is 0 Å². The molecule has 0 atom stereocenters. The zero-order chi connectivity index (χ0) is 21.6. The van der Waals surface area contributed by atoms with E-state index in [0.29, 0.717) is 11.4 Å². The Bertz CT molecular complexity index is 1140. The van der Waals surface area contributed by atoms with Crippen molar-refractivity contribution in [2.75, 3.05) is 5.32 Å². The molecular weight excluding hydrogens is 392 g/mol. The maximum atomic E-state index is 13.1. The summed E-state index contributed by atoms with van der Waals surface area (Å²) in [5.74, 6) is -0.377. The summed E-state index contributed by atoms with van der Waals surface area (Å²) in [7, 11) is 0. The minimum atomic E-state index is -0.482. The van der Waals surface area contributed by atoms with E-state index in [9.17, 15) is 14.9 Å². The van der Waals surface area contributed by atoms with Crippen molar-refractivity contribution in [2.45, 2.75) is 12.3 Å². The van der Waals surface area contributed by atoms with Crippen LogP contribution in [0.3, 0.4) is 0 Å². The molecule has 0 saturated heterocycles. The molecule has 7 nitrogen and oxygen atoms in total. The van der Waals surface area contributed by atoms with Crippen LogP contribution in [0.15, 0.2) is 97.6 Å². The fourth-order valence-electron chi connectivity index (χ4n) is 3.55. The molecule has 0 fully saturated rings. The topological polar surface area (TPSA) is 90.1 Å². The third-order valence-corrected chi connectivity index (χ3v) is 5.04. The minimum Gasteiger partial charge on any atom is -0.324 e. The Balaban J connectivity index is 1.64. The summed E-state index contributed by atoms with van der Waals surface area (Å²) in [5.41, 5.74) is 2.92. The van der Waals surface area contributed by atoms with Crippen molar-refractivity contribution in [3.8, 4) is 5.69 Å². The molecule has 0 spiro atoms. The standard InChI is InChI=1S/C24H20N4O3/c29-24(16-21(18-7-3-1-4-8-18)19-9-5-2-6-10-19)26-22-15-20(28(30)31)11-12-23(22)27-14-13-25-17-27/h1-15,17,21H,16H2,(H,26,29). The smallest absolute Gasteiger partial charge is 0.271 e. The molecule has 0 radical (unpaired) electrons. The monoisotopic (exact) mass is 412 g/mol. The molecule has 0 saturated carbocycles. The average molecular weight is 412 g/mol. The van der Waals surface area contributed by atoms with Crippen LogP contribution in [0.4, 0.5) is 11.4 Å². The molecule has 7 heteroatoms. The molecule has 154 valence electrons. The second kappa shape index (κ2) is 9.04. The number of rotatable bonds is 7. The molecule has 1 N–H and O–H groups in total. The maximum Gasteiger partial charge on any atom is 0.271 e. The summed E-state index contributed by atoms with van der Waals surface area (Å²) >= 11 is 0. The number of amides is 1. The highest BCUT2D eigenvalue weighted by Crippen LogP contribution is 2.30. The number of benzene rings is 3. The Labute approximate surface area is 179 Å². The van der Waals surface area contributed by atoms with Crippen LogP contribution in [0.25, 0.3) is 5.69 Å². The van der Waals surface area contributed by atoms with Crippen LogP contribution in [-0.4, -0.2) is 20.4 Å². The molecular formula is C24H20N4O3. The summed E-state index contributed by atoms with van der Waals surface area (Å²) in [5, 5.41) is 14.1. The molecule has 1 heterocycles. The predicted molar refractivity (Wildman–Crippen MR) is 118 cm³/mol. The summed E-state index contributed by atoms with van der Waals surface area (Å²) in [6, 6.07) is 24.0. The van der Waals surface area contributed by atoms with Gasteiger partial charge in [0.2, 0.25) is 5.91 Å². The predicted octanol–water partition coefficient (Wildman–Crippen LogP) is 4.94. The zero-order valence-corrected chi connectivity index (χ0v) is 16.6. The molecule has 31 heavy (non-hydrogen) atoms. The summed E-state index contributed by atoms with van der Waals surface area (Å²) in [6.07, 6.45) is 5.09. The summed E-state index contributed by atoms with van der Waals surface area (Å²) < 4.78 is 1.70. The van der Waals surface area contributed by atoms with Gasteiger partial charge in [-0.1, -0.05) is 60.7 Å². The third kappa shape index (κ3) is 4.67. The number of nitro benzene ring substituents is 1. The first-order valence-electron chi connectivity index (χ1n) is 9.78. The SMILES string of the molecule is O=C(CC(c1ccccc1)c1ccccc1)Nc1cc([N+](=O)[O-])ccc1-n1ccnc1. The van der Waals surface area contributed by atoms with E-state index in [2.05, 4.69) is 10.3 Å². The van der Waals surface area contributed by atoms with Crippen molar-refractivity contribution in [3.63, 3.8) is 0 Å². The zero-order valence-electron chi connectivity index (χ0n) is 16.6. The van der Waals surface area contributed by atoms with Gasteiger partial charge in [0, 0.05) is 36.9 Å². The fourth-order valence-corrected chi connectivity index (χ4v) is 3.55. The second-order valence-electron chi connectivity index (χ2n) is 7.05. The molecule has 4 rings (SSSR count). The van der Waals surface area contributed by atoms with E-state index >= 15 is 0 Å². The van der Waals surface area contributed by atoms with Crippen molar-refractivity contribution in [1.29, 1.82) is 0 Å². The normalized spacial score (nSPS) is 10.7. The van der Waals surface area contributed by atoms with Gasteiger partial charge in [-0.2, -0.15) is 0 Å². The third-order valence-electron chi connectivity index (χ3n) is 5.04. The van der Waals surface area contributed by atoms with Crippen LogP contribution in [-0.2, 0) is 4.79 Å². The largest absolute Gasteiger partial charge is 0.324 e. The van der Waals surface area contributed by atoms with E-state index in [-0.39, 0.29) is 23.9 Å². The van der Waals surface area contributed by atoms with Gasteiger partial charge < -0.3 is 9.88 Å². The molecule has 0 aliphatic heterocycles. The minimum absolute atomic E-state index is 0.0955. The van der Waals surface area contributed by atoms with Crippen LogP contribution in [0, 0.1) is 10.1 Å². The Hall–Kier alpha value is -4.26. The highest BCUT2D eigenvalue weighted by atomic mass is 16.6. The van der Waals surface area contributed by atoms with Gasteiger partial charge in [-0.15, -0.1) is 0 Å². The second-order valence-corrected chi connectivity index (χ2v) is 7.05. The van der Waals surface area contributed by atoms with Gasteiger partial charge in [0.1, 0.15) is 0 Å². The molecule has 0 aliphatic carbocycles.